The second kappa shape index (κ2) is 9.38. The van der Waals surface area contributed by atoms with Gasteiger partial charge in [-0.05, 0) is 24.6 Å². The van der Waals surface area contributed by atoms with Gasteiger partial charge in [0.25, 0.3) is 0 Å². The van der Waals surface area contributed by atoms with Crippen LogP contribution in [0.3, 0.4) is 0 Å². The third-order valence-corrected chi connectivity index (χ3v) is 4.16. The molecule has 0 aliphatic heterocycles. The number of carbonyl (C=O) groups excluding carboxylic acids is 1. The van der Waals surface area contributed by atoms with E-state index in [-0.39, 0.29) is 6.42 Å². The monoisotopic (exact) mass is 370 g/mol. The molecule has 7 nitrogen and oxygen atoms in total. The quantitative estimate of drug-likeness (QED) is 0.621. The lowest BCUT2D eigenvalue weighted by atomic mass is 10.0. The molecule has 1 unspecified atom stereocenters. The number of carboxylic acid groups (broad SMARTS) is 2. The maximum Gasteiger partial charge on any atom is 0.326 e. The van der Waals surface area contributed by atoms with E-state index in [9.17, 15) is 19.5 Å². The third-order valence-electron chi connectivity index (χ3n) is 4.16. The summed E-state index contributed by atoms with van der Waals surface area (Å²) in [6, 6.07) is 16.0. The first kappa shape index (κ1) is 20.0. The number of hydrogen-bond donors (Lipinski definition) is 3. The molecule has 0 saturated carbocycles. The van der Waals surface area contributed by atoms with Crippen LogP contribution in [0.1, 0.15) is 12.5 Å². The van der Waals surface area contributed by atoms with Crippen LogP contribution in [0.5, 0.6) is 0 Å². The number of para-hydroxylation sites is 1. The molecule has 0 aliphatic rings. The lowest BCUT2D eigenvalue weighted by Crippen LogP contribution is -2.54. The van der Waals surface area contributed by atoms with E-state index in [1.165, 1.54) is 4.90 Å². The lowest BCUT2D eigenvalue weighted by Gasteiger charge is -2.35. The van der Waals surface area contributed by atoms with Crippen LogP contribution in [-0.4, -0.2) is 46.7 Å². The summed E-state index contributed by atoms with van der Waals surface area (Å²) in [6.07, 6.45) is 0.196. The molecule has 27 heavy (non-hydrogen) atoms. The molecule has 7 heteroatoms. The van der Waals surface area contributed by atoms with Crippen molar-refractivity contribution in [2.45, 2.75) is 25.4 Å². The molecule has 3 N–H and O–H groups in total. The van der Waals surface area contributed by atoms with Gasteiger partial charge in [0.15, 0.2) is 0 Å². The van der Waals surface area contributed by atoms with Crippen molar-refractivity contribution in [3.63, 3.8) is 0 Å². The Hall–Kier alpha value is -3.35. The zero-order chi connectivity index (χ0) is 19.8. The van der Waals surface area contributed by atoms with Crippen molar-refractivity contribution in [2.24, 2.45) is 0 Å². The van der Waals surface area contributed by atoms with Crippen LogP contribution in [0.15, 0.2) is 60.7 Å². The van der Waals surface area contributed by atoms with Crippen LogP contribution in [0.4, 0.5) is 5.69 Å². The standard InChI is InChI=1S/C20H22N2O5/c1-14(19(25)21-13-18(23)24)22(16-10-6-3-7-11-16)17(20(26)27)12-15-8-4-2-5-9-15/h2-11,14,17H,12-13H2,1H3,(H,21,25)(H,23,24)(H,26,27)/t14-,17?/m0/s1. The smallest absolute Gasteiger partial charge is 0.326 e. The molecule has 2 rings (SSSR count). The van der Waals surface area contributed by atoms with Crippen molar-refractivity contribution in [2.75, 3.05) is 11.4 Å². The fourth-order valence-corrected chi connectivity index (χ4v) is 2.85. The molecule has 0 aliphatic carbocycles. The van der Waals surface area contributed by atoms with Crippen LogP contribution >= 0.6 is 0 Å². The maximum absolute atomic E-state index is 12.4. The van der Waals surface area contributed by atoms with Gasteiger partial charge in [-0.25, -0.2) is 4.79 Å². The highest BCUT2D eigenvalue weighted by Gasteiger charge is 2.33. The van der Waals surface area contributed by atoms with Gasteiger partial charge in [0.2, 0.25) is 5.91 Å². The van der Waals surface area contributed by atoms with Crippen LogP contribution in [-0.2, 0) is 20.8 Å². The molecule has 0 fully saturated rings. The number of carboxylic acids is 2. The number of carbonyl (C=O) groups is 3. The highest BCUT2D eigenvalue weighted by atomic mass is 16.4. The molecule has 2 atom stereocenters. The predicted octanol–water partition coefficient (Wildman–Crippen LogP) is 1.78. The fourth-order valence-electron chi connectivity index (χ4n) is 2.85. The number of rotatable bonds is 9. The van der Waals surface area contributed by atoms with E-state index in [1.54, 1.807) is 37.3 Å². The van der Waals surface area contributed by atoms with Crippen LogP contribution in [0.2, 0.25) is 0 Å². The molecule has 0 radical (unpaired) electrons. The van der Waals surface area contributed by atoms with Gasteiger partial charge < -0.3 is 20.4 Å². The first-order valence-electron chi connectivity index (χ1n) is 8.49. The number of aliphatic carboxylic acids is 2. The molecule has 0 heterocycles. The van der Waals surface area contributed by atoms with Gasteiger partial charge in [-0.15, -0.1) is 0 Å². The molecule has 1 amide bonds. The van der Waals surface area contributed by atoms with Crippen molar-refractivity contribution in [3.8, 4) is 0 Å². The second-order valence-electron chi connectivity index (χ2n) is 6.07. The van der Waals surface area contributed by atoms with E-state index in [1.807, 2.05) is 30.3 Å². The minimum Gasteiger partial charge on any atom is -0.480 e. The summed E-state index contributed by atoms with van der Waals surface area (Å²) in [7, 11) is 0. The van der Waals surface area contributed by atoms with Gasteiger partial charge >= 0.3 is 11.9 Å². The highest BCUT2D eigenvalue weighted by molar-refractivity contribution is 5.90. The molecular weight excluding hydrogens is 348 g/mol. The zero-order valence-corrected chi connectivity index (χ0v) is 14.9. The van der Waals surface area contributed by atoms with E-state index in [2.05, 4.69) is 5.32 Å². The minimum atomic E-state index is -1.17. The first-order chi connectivity index (χ1) is 12.9. The number of hydrogen-bond acceptors (Lipinski definition) is 4. The average Bonchev–Trinajstić information content (AvgIpc) is 2.67. The second-order valence-corrected chi connectivity index (χ2v) is 6.07. The lowest BCUT2D eigenvalue weighted by molar-refractivity contribution is -0.140. The van der Waals surface area contributed by atoms with Crippen molar-refractivity contribution >= 4 is 23.5 Å². The van der Waals surface area contributed by atoms with Gasteiger partial charge in [0.05, 0.1) is 0 Å². The van der Waals surface area contributed by atoms with E-state index in [0.29, 0.717) is 5.69 Å². The van der Waals surface area contributed by atoms with Gasteiger partial charge in [-0.3, -0.25) is 9.59 Å². The summed E-state index contributed by atoms with van der Waals surface area (Å²) in [5, 5.41) is 20.9. The zero-order valence-electron chi connectivity index (χ0n) is 14.9. The van der Waals surface area contributed by atoms with E-state index in [0.717, 1.165) is 5.56 Å². The van der Waals surface area contributed by atoms with Gasteiger partial charge in [-0.2, -0.15) is 0 Å². The number of amides is 1. The summed E-state index contributed by atoms with van der Waals surface area (Å²) >= 11 is 0. The summed E-state index contributed by atoms with van der Waals surface area (Å²) < 4.78 is 0. The average molecular weight is 370 g/mol. The number of nitrogens with zero attached hydrogens (tertiary/aromatic N) is 1. The molecule has 142 valence electrons. The van der Waals surface area contributed by atoms with E-state index in [4.69, 9.17) is 5.11 Å². The Labute approximate surface area is 157 Å². The molecular formula is C20H22N2O5. The number of nitrogens with one attached hydrogen (secondary N) is 1. The van der Waals surface area contributed by atoms with Crippen molar-refractivity contribution < 1.29 is 24.6 Å². The summed E-state index contributed by atoms with van der Waals surface area (Å²) in [4.78, 5) is 36.7. The Morgan fingerprint density at radius 3 is 2.04 bits per heavy atom. The van der Waals surface area contributed by atoms with E-state index < -0.39 is 36.5 Å². The van der Waals surface area contributed by atoms with Crippen LogP contribution < -0.4 is 10.2 Å². The first-order valence-corrected chi connectivity index (χ1v) is 8.49. The van der Waals surface area contributed by atoms with Crippen molar-refractivity contribution in [1.82, 2.24) is 5.32 Å². The molecule has 0 spiro atoms. The Bertz CT molecular complexity index is 779. The maximum atomic E-state index is 12.4. The fraction of sp³-hybridized carbons (Fsp3) is 0.250. The molecule has 2 aromatic carbocycles. The SMILES string of the molecule is C[C@@H](C(=O)NCC(=O)O)N(c1ccccc1)C(Cc1ccccc1)C(=O)O. The molecule has 0 saturated heterocycles. The summed E-state index contributed by atoms with van der Waals surface area (Å²) in [5.41, 5.74) is 1.39. The Balaban J connectivity index is 2.36. The van der Waals surface area contributed by atoms with Crippen LogP contribution in [0, 0.1) is 0 Å². The Morgan fingerprint density at radius 1 is 0.963 bits per heavy atom. The Morgan fingerprint density at radius 2 is 1.52 bits per heavy atom. The number of benzene rings is 2. The normalized spacial score (nSPS) is 12.6. The minimum absolute atomic E-state index is 0.196. The Kier molecular flexibility index (Phi) is 6.93. The highest BCUT2D eigenvalue weighted by Crippen LogP contribution is 2.22. The van der Waals surface area contributed by atoms with Gasteiger partial charge in [0.1, 0.15) is 18.6 Å². The van der Waals surface area contributed by atoms with Crippen molar-refractivity contribution in [1.29, 1.82) is 0 Å². The topological polar surface area (TPSA) is 107 Å². The third kappa shape index (κ3) is 5.57. The summed E-state index contributed by atoms with van der Waals surface area (Å²) in [5.74, 6) is -2.79. The molecule has 0 aromatic heterocycles. The predicted molar refractivity (Wildman–Crippen MR) is 101 cm³/mol. The van der Waals surface area contributed by atoms with Gasteiger partial charge in [0, 0.05) is 12.1 Å². The van der Waals surface area contributed by atoms with Gasteiger partial charge in [-0.1, -0.05) is 48.5 Å². The molecule has 2 aromatic rings. The van der Waals surface area contributed by atoms with Crippen LogP contribution in [0.25, 0.3) is 0 Å². The summed E-state index contributed by atoms with van der Waals surface area (Å²) in [6.45, 7) is 1.04. The largest absolute Gasteiger partial charge is 0.480 e. The number of anilines is 1. The molecule has 0 bridgehead atoms. The van der Waals surface area contributed by atoms with Crippen molar-refractivity contribution in [3.05, 3.63) is 66.2 Å². The van der Waals surface area contributed by atoms with E-state index >= 15 is 0 Å².